The third-order valence-corrected chi connectivity index (χ3v) is 5.74. The average molecular weight is 432 g/mol. The van der Waals surface area contributed by atoms with Crippen LogP contribution in [0.25, 0.3) is 6.08 Å². The van der Waals surface area contributed by atoms with Crippen LogP contribution in [0.5, 0.6) is 0 Å². The number of rotatable bonds is 8. The molecule has 0 saturated heterocycles. The minimum atomic E-state index is -3.55. The van der Waals surface area contributed by atoms with Gasteiger partial charge in [-0.15, -0.1) is 0 Å². The number of aryl methyl sites for hydroxylation is 3. The van der Waals surface area contributed by atoms with E-state index in [4.69, 9.17) is 0 Å². The summed E-state index contributed by atoms with van der Waals surface area (Å²) < 4.78 is 23.2. The Kier molecular flexibility index (Phi) is 7.33. The van der Waals surface area contributed by atoms with E-state index in [1.807, 2.05) is 26.8 Å². The number of nitro groups is 1. The molecule has 0 aliphatic rings. The second-order valence-electron chi connectivity index (χ2n) is 7.05. The van der Waals surface area contributed by atoms with Gasteiger partial charge in [-0.3, -0.25) is 14.9 Å². The number of amides is 1. The Bertz CT molecular complexity index is 1110. The van der Waals surface area contributed by atoms with E-state index in [-0.39, 0.29) is 35.3 Å². The molecule has 0 spiro atoms. The lowest BCUT2D eigenvalue weighted by Crippen LogP contribution is -2.27. The number of hydrogen-bond acceptors (Lipinski definition) is 6. The normalized spacial score (nSPS) is 11.5. The Morgan fingerprint density at radius 2 is 1.73 bits per heavy atom. The van der Waals surface area contributed by atoms with Crippen molar-refractivity contribution in [3.05, 3.63) is 68.8 Å². The van der Waals surface area contributed by atoms with Crippen LogP contribution in [0, 0.1) is 30.9 Å². The second-order valence-corrected chi connectivity index (χ2v) is 9.07. The largest absolute Gasteiger partial charge is 0.378 e. The van der Waals surface area contributed by atoms with Crippen molar-refractivity contribution in [1.29, 1.82) is 0 Å². The van der Waals surface area contributed by atoms with Crippen molar-refractivity contribution in [2.75, 3.05) is 24.7 Å². The Morgan fingerprint density at radius 3 is 2.37 bits per heavy atom. The number of nitro benzene ring substituents is 1. The molecule has 160 valence electrons. The molecule has 0 saturated carbocycles. The van der Waals surface area contributed by atoms with Gasteiger partial charge in [0.15, 0.2) is 9.84 Å². The molecule has 8 nitrogen and oxygen atoms in total. The van der Waals surface area contributed by atoms with Gasteiger partial charge < -0.3 is 10.6 Å². The van der Waals surface area contributed by atoms with Gasteiger partial charge in [0, 0.05) is 31.5 Å². The van der Waals surface area contributed by atoms with Crippen molar-refractivity contribution in [2.24, 2.45) is 0 Å². The molecule has 0 fully saturated rings. The molecule has 1 amide bonds. The van der Waals surface area contributed by atoms with Crippen LogP contribution in [0.2, 0.25) is 0 Å². The SMILES string of the molecule is Cc1cc(C)c(/C=C/C(=O)NCCNc2ccc(S(C)(=O)=O)cc2[N+](=O)[O-])cc1C. The minimum Gasteiger partial charge on any atom is -0.378 e. The van der Waals surface area contributed by atoms with Gasteiger partial charge in [-0.05, 0) is 61.2 Å². The predicted molar refractivity (Wildman–Crippen MR) is 117 cm³/mol. The first-order valence-corrected chi connectivity index (χ1v) is 11.1. The summed E-state index contributed by atoms with van der Waals surface area (Å²) in [4.78, 5) is 22.5. The smallest absolute Gasteiger partial charge is 0.293 e. The van der Waals surface area contributed by atoms with E-state index in [1.54, 1.807) is 6.08 Å². The molecule has 0 radical (unpaired) electrons. The zero-order chi connectivity index (χ0) is 22.5. The minimum absolute atomic E-state index is 0.125. The van der Waals surface area contributed by atoms with E-state index in [0.717, 1.165) is 29.0 Å². The fourth-order valence-electron chi connectivity index (χ4n) is 2.81. The highest BCUT2D eigenvalue weighted by atomic mass is 32.2. The zero-order valence-corrected chi connectivity index (χ0v) is 18.2. The van der Waals surface area contributed by atoms with Gasteiger partial charge in [0.2, 0.25) is 5.91 Å². The number of nitrogens with zero attached hydrogens (tertiary/aromatic N) is 1. The molecule has 0 unspecified atom stereocenters. The maximum Gasteiger partial charge on any atom is 0.293 e. The molecule has 9 heteroatoms. The fourth-order valence-corrected chi connectivity index (χ4v) is 3.45. The average Bonchev–Trinajstić information content (AvgIpc) is 2.66. The van der Waals surface area contributed by atoms with Crippen molar-refractivity contribution in [2.45, 2.75) is 25.7 Å². The first kappa shape index (κ1) is 23.1. The van der Waals surface area contributed by atoms with Crippen LogP contribution in [-0.2, 0) is 14.6 Å². The van der Waals surface area contributed by atoms with Crippen LogP contribution >= 0.6 is 0 Å². The lowest BCUT2D eigenvalue weighted by Gasteiger charge is -2.09. The van der Waals surface area contributed by atoms with Crippen molar-refractivity contribution < 1.29 is 18.1 Å². The van der Waals surface area contributed by atoms with Gasteiger partial charge in [0.1, 0.15) is 5.69 Å². The lowest BCUT2D eigenvalue weighted by molar-refractivity contribution is -0.384. The predicted octanol–water partition coefficient (Wildman–Crippen LogP) is 3.17. The van der Waals surface area contributed by atoms with Crippen LogP contribution in [0.4, 0.5) is 11.4 Å². The summed E-state index contributed by atoms with van der Waals surface area (Å²) in [6.07, 6.45) is 4.18. The third kappa shape index (κ3) is 6.15. The van der Waals surface area contributed by atoms with E-state index in [0.29, 0.717) is 0 Å². The molecular weight excluding hydrogens is 406 g/mol. The number of nitrogens with one attached hydrogen (secondary N) is 2. The summed E-state index contributed by atoms with van der Waals surface area (Å²) in [5.74, 6) is -0.281. The van der Waals surface area contributed by atoms with Crippen LogP contribution < -0.4 is 10.6 Å². The quantitative estimate of drug-likeness (QED) is 0.287. The van der Waals surface area contributed by atoms with Crippen LogP contribution in [-0.4, -0.2) is 38.6 Å². The molecule has 2 aromatic carbocycles. The van der Waals surface area contributed by atoms with Crippen molar-refractivity contribution in [1.82, 2.24) is 5.32 Å². The molecule has 0 atom stereocenters. The standard InChI is InChI=1S/C21H25N3O5S/c1-14-11-16(3)17(12-15(14)2)5-8-21(25)23-10-9-22-19-7-6-18(30(4,28)29)13-20(19)24(26)27/h5-8,11-13,22H,9-10H2,1-4H3,(H,23,25)/b8-5+. The van der Waals surface area contributed by atoms with Crippen molar-refractivity contribution >= 4 is 33.2 Å². The molecule has 30 heavy (non-hydrogen) atoms. The Labute approximate surface area is 176 Å². The molecule has 0 aromatic heterocycles. The molecule has 0 heterocycles. The third-order valence-electron chi connectivity index (χ3n) is 4.63. The maximum absolute atomic E-state index is 12.0. The second kappa shape index (κ2) is 9.53. The Hall–Kier alpha value is -3.20. The van der Waals surface area contributed by atoms with Gasteiger partial charge in [0.25, 0.3) is 5.69 Å². The van der Waals surface area contributed by atoms with Gasteiger partial charge in [-0.25, -0.2) is 8.42 Å². The van der Waals surface area contributed by atoms with Gasteiger partial charge in [0.05, 0.1) is 9.82 Å². The molecule has 0 bridgehead atoms. The van der Waals surface area contributed by atoms with Gasteiger partial charge in [-0.2, -0.15) is 0 Å². The molecule has 2 N–H and O–H groups in total. The fraction of sp³-hybridized carbons (Fsp3) is 0.286. The highest BCUT2D eigenvalue weighted by Gasteiger charge is 2.18. The zero-order valence-electron chi connectivity index (χ0n) is 17.4. The topological polar surface area (TPSA) is 118 Å². The van der Waals surface area contributed by atoms with Gasteiger partial charge in [-0.1, -0.05) is 12.1 Å². The number of carbonyl (C=O) groups excluding carboxylic acids is 1. The number of anilines is 1. The lowest BCUT2D eigenvalue weighted by atomic mass is 10.0. The Balaban J connectivity index is 1.94. The monoisotopic (exact) mass is 431 g/mol. The van der Waals surface area contributed by atoms with Gasteiger partial charge >= 0.3 is 0 Å². The van der Waals surface area contributed by atoms with E-state index in [1.165, 1.54) is 23.8 Å². The number of carbonyl (C=O) groups is 1. The van der Waals surface area contributed by atoms with Crippen molar-refractivity contribution in [3.8, 4) is 0 Å². The molecule has 0 aliphatic heterocycles. The summed E-state index contributed by atoms with van der Waals surface area (Å²) in [6, 6.07) is 7.76. The van der Waals surface area contributed by atoms with Crippen molar-refractivity contribution in [3.63, 3.8) is 0 Å². The van der Waals surface area contributed by atoms with E-state index in [9.17, 15) is 23.3 Å². The summed E-state index contributed by atoms with van der Waals surface area (Å²) in [5, 5.41) is 16.8. The first-order chi connectivity index (χ1) is 14.0. The first-order valence-electron chi connectivity index (χ1n) is 9.25. The summed E-state index contributed by atoms with van der Waals surface area (Å²) in [6.45, 7) is 6.51. The summed E-state index contributed by atoms with van der Waals surface area (Å²) in [7, 11) is -3.55. The van der Waals surface area contributed by atoms with E-state index >= 15 is 0 Å². The Morgan fingerprint density at radius 1 is 1.07 bits per heavy atom. The number of sulfone groups is 1. The number of benzene rings is 2. The highest BCUT2D eigenvalue weighted by Crippen LogP contribution is 2.27. The molecule has 2 rings (SSSR count). The van der Waals surface area contributed by atoms with Crippen LogP contribution in [0.1, 0.15) is 22.3 Å². The summed E-state index contributed by atoms with van der Waals surface area (Å²) in [5.41, 5.74) is 4.23. The molecule has 2 aromatic rings. The molecule has 0 aliphatic carbocycles. The van der Waals surface area contributed by atoms with E-state index in [2.05, 4.69) is 16.7 Å². The highest BCUT2D eigenvalue weighted by molar-refractivity contribution is 7.90. The van der Waals surface area contributed by atoms with Crippen LogP contribution in [0.3, 0.4) is 0 Å². The summed E-state index contributed by atoms with van der Waals surface area (Å²) >= 11 is 0. The van der Waals surface area contributed by atoms with E-state index < -0.39 is 14.8 Å². The number of hydrogen-bond donors (Lipinski definition) is 2. The van der Waals surface area contributed by atoms with Crippen LogP contribution in [0.15, 0.2) is 41.3 Å². The maximum atomic E-state index is 12.0. The molecular formula is C21H25N3O5S.